The number of esters is 1. The Morgan fingerprint density at radius 3 is 2.67 bits per heavy atom. The average molecular weight is 356 g/mol. The number of thiazole rings is 1. The molecule has 24 heavy (non-hydrogen) atoms. The number of benzene rings is 1. The second-order valence-corrected chi connectivity index (χ2v) is 5.17. The van der Waals surface area contributed by atoms with E-state index in [4.69, 9.17) is 4.74 Å². The smallest absolute Gasteiger partial charge is 0.343 e. The number of ether oxygens (including phenoxy) is 1. The molecule has 0 atom stereocenters. The van der Waals surface area contributed by atoms with Crippen LogP contribution in [0.1, 0.15) is 12.5 Å². The number of aliphatic hydroxyl groups excluding tert-OH is 1. The summed E-state index contributed by atoms with van der Waals surface area (Å²) in [6, 6.07) is 0.706. The first kappa shape index (κ1) is 17.7. The molecule has 1 aromatic carbocycles. The molecular weight excluding hydrogens is 345 g/mol. The highest BCUT2D eigenvalue weighted by Gasteiger charge is 2.21. The van der Waals surface area contributed by atoms with Gasteiger partial charge in [0.05, 0.1) is 12.2 Å². The van der Waals surface area contributed by atoms with E-state index in [0.29, 0.717) is 6.07 Å². The van der Waals surface area contributed by atoms with E-state index < -0.39 is 40.3 Å². The zero-order chi connectivity index (χ0) is 17.7. The molecule has 0 aliphatic carbocycles. The molecule has 2 rings (SSSR count). The van der Waals surface area contributed by atoms with Gasteiger partial charge >= 0.3 is 5.97 Å². The van der Waals surface area contributed by atoms with Crippen LogP contribution in [0.25, 0.3) is 5.76 Å². The minimum atomic E-state index is -1.42. The zero-order valence-corrected chi connectivity index (χ0v) is 13.1. The largest absolute Gasteiger partial charge is 0.506 e. The molecule has 9 heteroatoms. The summed E-state index contributed by atoms with van der Waals surface area (Å²) < 4.78 is 44.9. The molecule has 0 radical (unpaired) electrons. The summed E-state index contributed by atoms with van der Waals surface area (Å²) in [7, 11) is 0. The summed E-state index contributed by atoms with van der Waals surface area (Å²) in [5.74, 6) is -5.96. The Hall–Kier alpha value is -2.68. The van der Waals surface area contributed by atoms with Crippen LogP contribution in [0.4, 0.5) is 18.3 Å². The molecule has 0 spiro atoms. The van der Waals surface area contributed by atoms with E-state index in [-0.39, 0.29) is 17.8 Å². The highest BCUT2D eigenvalue weighted by molar-refractivity contribution is 7.13. The van der Waals surface area contributed by atoms with Gasteiger partial charge in [0.25, 0.3) is 0 Å². The van der Waals surface area contributed by atoms with Crippen molar-refractivity contribution >= 4 is 34.4 Å². The minimum absolute atomic E-state index is 0.0129. The minimum Gasteiger partial charge on any atom is -0.506 e. The summed E-state index contributed by atoms with van der Waals surface area (Å²) in [6.07, 6.45) is 2.40. The Morgan fingerprint density at radius 2 is 2.04 bits per heavy atom. The van der Waals surface area contributed by atoms with Gasteiger partial charge < -0.3 is 9.84 Å². The molecule has 1 aromatic heterocycles. The topological polar surface area (TPSA) is 71.8 Å². The lowest BCUT2D eigenvalue weighted by Crippen LogP contribution is -2.12. The molecule has 0 saturated carbocycles. The summed E-state index contributed by atoms with van der Waals surface area (Å²) in [4.78, 5) is 19.7. The van der Waals surface area contributed by atoms with Crippen molar-refractivity contribution in [1.29, 1.82) is 0 Å². The predicted octanol–water partition coefficient (Wildman–Crippen LogP) is 3.80. The highest BCUT2D eigenvalue weighted by Crippen LogP contribution is 2.23. The van der Waals surface area contributed by atoms with Gasteiger partial charge in [0.1, 0.15) is 17.1 Å². The van der Waals surface area contributed by atoms with Crippen LogP contribution in [-0.4, -0.2) is 28.9 Å². The summed E-state index contributed by atoms with van der Waals surface area (Å²) in [6.45, 7) is 1.52. The van der Waals surface area contributed by atoms with E-state index in [1.807, 2.05) is 0 Å². The number of hydrogen-bond donors (Lipinski definition) is 1. The predicted molar refractivity (Wildman–Crippen MR) is 82.8 cm³/mol. The molecule has 1 heterocycles. The van der Waals surface area contributed by atoms with E-state index >= 15 is 0 Å². The van der Waals surface area contributed by atoms with Crippen LogP contribution in [0.15, 0.2) is 34.3 Å². The molecule has 0 fully saturated rings. The second kappa shape index (κ2) is 7.73. The number of aliphatic imine (C=N–C) groups is 1. The quantitative estimate of drug-likeness (QED) is 0.291. The summed E-state index contributed by atoms with van der Waals surface area (Å²) >= 11 is 1.16. The van der Waals surface area contributed by atoms with E-state index in [9.17, 15) is 23.1 Å². The van der Waals surface area contributed by atoms with Crippen molar-refractivity contribution < 1.29 is 27.8 Å². The second-order valence-electron chi connectivity index (χ2n) is 4.30. The molecular formula is C15H11F3N2O3S. The number of rotatable bonds is 5. The zero-order valence-electron chi connectivity index (χ0n) is 12.3. The number of hydrogen-bond acceptors (Lipinski definition) is 6. The molecule has 0 bridgehead atoms. The fourth-order valence-electron chi connectivity index (χ4n) is 1.67. The van der Waals surface area contributed by atoms with Gasteiger partial charge in [-0.15, -0.1) is 11.3 Å². The summed E-state index contributed by atoms with van der Waals surface area (Å²) in [5, 5.41) is 12.1. The normalized spacial score (nSPS) is 12.3. The Bertz CT molecular complexity index is 805. The van der Waals surface area contributed by atoms with Crippen molar-refractivity contribution in [3.63, 3.8) is 0 Å². The SMILES string of the molecule is CCOC(=O)C(/C=N/c1nccs1)=C(\O)c1cc(F)c(F)cc1F. The highest BCUT2D eigenvalue weighted by atomic mass is 32.1. The number of aliphatic hydroxyl groups is 1. The van der Waals surface area contributed by atoms with Gasteiger partial charge in [-0.2, -0.15) is 0 Å². The van der Waals surface area contributed by atoms with E-state index in [1.165, 1.54) is 13.1 Å². The Balaban J connectivity index is 2.53. The number of aromatic nitrogens is 1. The van der Waals surface area contributed by atoms with Gasteiger partial charge in [0, 0.05) is 23.9 Å². The fourth-order valence-corrected chi connectivity index (χ4v) is 2.15. The Labute approximate surface area is 138 Å². The fraction of sp³-hybridized carbons (Fsp3) is 0.133. The third-order valence-electron chi connectivity index (χ3n) is 2.74. The van der Waals surface area contributed by atoms with E-state index in [2.05, 4.69) is 9.98 Å². The van der Waals surface area contributed by atoms with Crippen molar-refractivity contribution in [1.82, 2.24) is 4.98 Å². The third-order valence-corrected chi connectivity index (χ3v) is 3.42. The lowest BCUT2D eigenvalue weighted by Gasteiger charge is -2.08. The number of halogens is 3. The Morgan fingerprint density at radius 1 is 1.33 bits per heavy atom. The van der Waals surface area contributed by atoms with Crippen LogP contribution < -0.4 is 0 Å². The van der Waals surface area contributed by atoms with Crippen LogP contribution in [0.3, 0.4) is 0 Å². The van der Waals surface area contributed by atoms with Crippen molar-refractivity contribution in [3.05, 3.63) is 52.3 Å². The standard InChI is InChI=1S/C15H11F3N2O3S/c1-2-23-14(22)9(7-20-15-19-3-4-24-15)13(21)8-5-11(17)12(18)6-10(8)16/h3-7,21H,2H2,1H3/b13-9-,20-7+. The van der Waals surface area contributed by atoms with Crippen molar-refractivity contribution in [2.45, 2.75) is 6.92 Å². The molecule has 0 amide bonds. The Kier molecular flexibility index (Phi) is 5.69. The number of carbonyl (C=O) groups is 1. The van der Waals surface area contributed by atoms with Crippen LogP contribution in [0.5, 0.6) is 0 Å². The average Bonchev–Trinajstić information content (AvgIpc) is 3.04. The van der Waals surface area contributed by atoms with Crippen LogP contribution >= 0.6 is 11.3 Å². The molecule has 126 valence electrons. The molecule has 2 aromatic rings. The van der Waals surface area contributed by atoms with Gasteiger partial charge in [-0.25, -0.2) is 27.9 Å². The third kappa shape index (κ3) is 3.99. The maximum atomic E-state index is 13.8. The van der Waals surface area contributed by atoms with Gasteiger partial charge in [0.2, 0.25) is 5.13 Å². The molecule has 1 N–H and O–H groups in total. The van der Waals surface area contributed by atoms with Crippen LogP contribution in [0.2, 0.25) is 0 Å². The summed E-state index contributed by atoms with van der Waals surface area (Å²) in [5.41, 5.74) is -1.21. The first-order chi connectivity index (χ1) is 11.4. The lowest BCUT2D eigenvalue weighted by molar-refractivity contribution is -0.137. The molecule has 0 saturated heterocycles. The first-order valence-electron chi connectivity index (χ1n) is 6.62. The maximum absolute atomic E-state index is 13.8. The molecule has 0 aliphatic rings. The molecule has 0 unspecified atom stereocenters. The maximum Gasteiger partial charge on any atom is 0.343 e. The van der Waals surface area contributed by atoms with Gasteiger partial charge in [0.15, 0.2) is 11.6 Å². The van der Waals surface area contributed by atoms with Crippen molar-refractivity contribution in [3.8, 4) is 0 Å². The van der Waals surface area contributed by atoms with Crippen molar-refractivity contribution in [2.24, 2.45) is 4.99 Å². The van der Waals surface area contributed by atoms with Crippen molar-refractivity contribution in [2.75, 3.05) is 6.61 Å². The van der Waals surface area contributed by atoms with Gasteiger partial charge in [-0.3, -0.25) is 0 Å². The molecule has 0 aliphatic heterocycles. The van der Waals surface area contributed by atoms with Gasteiger partial charge in [-0.05, 0) is 13.0 Å². The van der Waals surface area contributed by atoms with Crippen LogP contribution in [-0.2, 0) is 9.53 Å². The lowest BCUT2D eigenvalue weighted by atomic mass is 10.1. The van der Waals surface area contributed by atoms with E-state index in [0.717, 1.165) is 17.6 Å². The number of nitrogens with zero attached hydrogens (tertiary/aromatic N) is 2. The first-order valence-corrected chi connectivity index (χ1v) is 7.50. The monoisotopic (exact) mass is 356 g/mol. The van der Waals surface area contributed by atoms with Crippen LogP contribution in [0, 0.1) is 17.5 Å². The number of carbonyl (C=O) groups excluding carboxylic acids is 1. The molecule has 5 nitrogen and oxygen atoms in total. The van der Waals surface area contributed by atoms with E-state index in [1.54, 1.807) is 5.38 Å². The van der Waals surface area contributed by atoms with Gasteiger partial charge in [-0.1, -0.05) is 0 Å².